The first-order chi connectivity index (χ1) is 8.00. The van der Waals surface area contributed by atoms with Crippen LogP contribution in [0, 0.1) is 0 Å². The van der Waals surface area contributed by atoms with Crippen molar-refractivity contribution in [2.24, 2.45) is 0 Å². The molecule has 0 heterocycles. The highest BCUT2D eigenvalue weighted by Gasteiger charge is 2.19. The molecule has 0 amide bonds. The second-order valence-corrected chi connectivity index (χ2v) is 5.49. The van der Waals surface area contributed by atoms with Gasteiger partial charge in [0.1, 0.15) is 5.75 Å². The fourth-order valence-electron chi connectivity index (χ4n) is 1.52. The Bertz CT molecular complexity index is 458. The van der Waals surface area contributed by atoms with Gasteiger partial charge >= 0.3 is 0 Å². The highest BCUT2D eigenvalue weighted by molar-refractivity contribution is 7.92. The second-order valence-electron chi connectivity index (χ2n) is 3.58. The number of nitrogens with zero attached hydrogens (tertiary/aromatic N) is 1. The normalized spacial score (nSPS) is 11.2. The molecule has 0 spiro atoms. The summed E-state index contributed by atoms with van der Waals surface area (Å²) < 4.78 is 29.8. The van der Waals surface area contributed by atoms with Crippen LogP contribution in [0.3, 0.4) is 0 Å². The number of benzene rings is 1. The molecular formula is C11H17NO4S. The molecule has 1 rings (SSSR count). The van der Waals surface area contributed by atoms with Crippen LogP contribution in [-0.2, 0) is 10.0 Å². The van der Waals surface area contributed by atoms with Crippen LogP contribution in [0.2, 0.25) is 0 Å². The molecule has 0 radical (unpaired) electrons. The van der Waals surface area contributed by atoms with Crippen LogP contribution in [-0.4, -0.2) is 40.0 Å². The molecule has 5 nitrogen and oxygen atoms in total. The number of aliphatic hydroxyl groups excluding tert-OH is 1. The molecule has 0 fully saturated rings. The Balaban J connectivity index is 3.13. The second kappa shape index (κ2) is 5.88. The van der Waals surface area contributed by atoms with Gasteiger partial charge in [-0.1, -0.05) is 12.1 Å². The molecule has 0 aromatic heterocycles. The molecule has 0 unspecified atom stereocenters. The Hall–Kier alpha value is -1.27. The average Bonchev–Trinajstić information content (AvgIpc) is 2.28. The van der Waals surface area contributed by atoms with Gasteiger partial charge in [-0.05, 0) is 18.6 Å². The topological polar surface area (TPSA) is 66.8 Å². The summed E-state index contributed by atoms with van der Waals surface area (Å²) >= 11 is 0. The lowest BCUT2D eigenvalue weighted by Crippen LogP contribution is -2.31. The highest BCUT2D eigenvalue weighted by Crippen LogP contribution is 2.29. The van der Waals surface area contributed by atoms with Crippen LogP contribution in [0.5, 0.6) is 5.75 Å². The van der Waals surface area contributed by atoms with E-state index in [0.29, 0.717) is 17.9 Å². The van der Waals surface area contributed by atoms with E-state index in [4.69, 9.17) is 9.84 Å². The van der Waals surface area contributed by atoms with Gasteiger partial charge in [0.05, 0.1) is 19.1 Å². The number of aliphatic hydroxyl groups is 1. The zero-order chi connectivity index (χ0) is 12.9. The van der Waals surface area contributed by atoms with Gasteiger partial charge in [-0.2, -0.15) is 0 Å². The van der Waals surface area contributed by atoms with Crippen molar-refractivity contribution in [2.45, 2.75) is 6.42 Å². The molecule has 17 heavy (non-hydrogen) atoms. The monoisotopic (exact) mass is 259 g/mol. The highest BCUT2D eigenvalue weighted by atomic mass is 32.2. The van der Waals surface area contributed by atoms with E-state index in [1.54, 1.807) is 24.3 Å². The number of para-hydroxylation sites is 2. The summed E-state index contributed by atoms with van der Waals surface area (Å²) in [7, 11) is -1.89. The lowest BCUT2D eigenvalue weighted by molar-refractivity contribution is 0.291. The summed E-state index contributed by atoms with van der Waals surface area (Å²) in [5, 5.41) is 8.80. The van der Waals surface area contributed by atoms with Crippen molar-refractivity contribution in [2.75, 3.05) is 30.8 Å². The number of hydrogen-bond acceptors (Lipinski definition) is 4. The maximum atomic E-state index is 11.7. The molecule has 0 saturated heterocycles. The van der Waals surface area contributed by atoms with Gasteiger partial charge in [0.2, 0.25) is 10.0 Å². The summed E-state index contributed by atoms with van der Waals surface area (Å²) in [6.07, 6.45) is 1.52. The van der Waals surface area contributed by atoms with Crippen molar-refractivity contribution in [1.29, 1.82) is 0 Å². The number of methoxy groups -OCH3 is 1. The Morgan fingerprint density at radius 2 is 2.00 bits per heavy atom. The first-order valence-corrected chi connectivity index (χ1v) is 7.07. The maximum absolute atomic E-state index is 11.7. The fraction of sp³-hybridized carbons (Fsp3) is 0.455. The molecule has 0 bridgehead atoms. The van der Waals surface area contributed by atoms with Crippen molar-refractivity contribution >= 4 is 15.7 Å². The SMILES string of the molecule is COc1ccccc1N(CCCO)S(C)(=O)=O. The van der Waals surface area contributed by atoms with Gasteiger partial charge in [-0.25, -0.2) is 8.42 Å². The van der Waals surface area contributed by atoms with Crippen LogP contribution in [0.15, 0.2) is 24.3 Å². The average molecular weight is 259 g/mol. The van der Waals surface area contributed by atoms with Gasteiger partial charge in [0.25, 0.3) is 0 Å². The first-order valence-electron chi connectivity index (χ1n) is 5.22. The van der Waals surface area contributed by atoms with Crippen LogP contribution in [0.1, 0.15) is 6.42 Å². The van der Waals surface area contributed by atoms with Crippen molar-refractivity contribution in [3.63, 3.8) is 0 Å². The minimum atomic E-state index is -3.38. The number of rotatable bonds is 6. The molecule has 0 aliphatic rings. The molecule has 96 valence electrons. The first kappa shape index (κ1) is 13.8. The van der Waals surface area contributed by atoms with E-state index in [1.807, 2.05) is 0 Å². The Labute approximate surface area is 102 Å². The molecule has 0 saturated carbocycles. The Morgan fingerprint density at radius 3 is 2.53 bits per heavy atom. The molecule has 1 aromatic carbocycles. The third-order valence-electron chi connectivity index (χ3n) is 2.27. The predicted octanol–water partition coefficient (Wildman–Crippen LogP) is 0.844. The van der Waals surface area contributed by atoms with Crippen LogP contribution >= 0.6 is 0 Å². The zero-order valence-electron chi connectivity index (χ0n) is 9.96. The number of ether oxygens (including phenoxy) is 1. The van der Waals surface area contributed by atoms with E-state index in [2.05, 4.69) is 0 Å². The minimum absolute atomic E-state index is 0.0544. The molecule has 6 heteroatoms. The van der Waals surface area contributed by atoms with Gasteiger partial charge in [-0.3, -0.25) is 4.31 Å². The van der Waals surface area contributed by atoms with E-state index in [0.717, 1.165) is 6.26 Å². The molecular weight excluding hydrogens is 242 g/mol. The smallest absolute Gasteiger partial charge is 0.232 e. The Kier molecular flexibility index (Phi) is 4.77. The zero-order valence-corrected chi connectivity index (χ0v) is 10.8. The minimum Gasteiger partial charge on any atom is -0.495 e. The summed E-state index contributed by atoms with van der Waals surface area (Å²) in [5.74, 6) is 0.496. The van der Waals surface area contributed by atoms with Gasteiger partial charge in [-0.15, -0.1) is 0 Å². The van der Waals surface area contributed by atoms with Crippen molar-refractivity contribution in [3.8, 4) is 5.75 Å². The van der Waals surface area contributed by atoms with E-state index < -0.39 is 10.0 Å². The van der Waals surface area contributed by atoms with Gasteiger partial charge in [0, 0.05) is 13.2 Å². The third kappa shape index (κ3) is 3.61. The summed E-state index contributed by atoms with van der Waals surface area (Å²) in [4.78, 5) is 0. The number of hydrogen-bond donors (Lipinski definition) is 1. The van der Waals surface area contributed by atoms with E-state index in [1.165, 1.54) is 11.4 Å². The molecule has 1 aromatic rings. The van der Waals surface area contributed by atoms with Crippen molar-refractivity contribution in [3.05, 3.63) is 24.3 Å². The number of sulfonamides is 1. The Morgan fingerprint density at radius 1 is 1.35 bits per heavy atom. The van der Waals surface area contributed by atoms with E-state index in [-0.39, 0.29) is 13.2 Å². The summed E-state index contributed by atoms with van der Waals surface area (Å²) in [5.41, 5.74) is 0.492. The molecule has 0 aliphatic carbocycles. The van der Waals surface area contributed by atoms with Crippen LogP contribution < -0.4 is 9.04 Å². The lowest BCUT2D eigenvalue weighted by Gasteiger charge is -2.23. The third-order valence-corrected chi connectivity index (χ3v) is 3.45. The maximum Gasteiger partial charge on any atom is 0.232 e. The van der Waals surface area contributed by atoms with Crippen molar-refractivity contribution in [1.82, 2.24) is 0 Å². The predicted molar refractivity (Wildman–Crippen MR) is 66.9 cm³/mol. The lowest BCUT2D eigenvalue weighted by atomic mass is 10.3. The van der Waals surface area contributed by atoms with Crippen molar-refractivity contribution < 1.29 is 18.3 Å². The van der Waals surface area contributed by atoms with Crippen LogP contribution in [0.25, 0.3) is 0 Å². The molecule has 0 aliphatic heterocycles. The van der Waals surface area contributed by atoms with Crippen LogP contribution in [0.4, 0.5) is 5.69 Å². The fourth-order valence-corrected chi connectivity index (χ4v) is 2.48. The standard InChI is InChI=1S/C11H17NO4S/c1-16-11-7-4-3-6-10(11)12(8-5-9-13)17(2,14)15/h3-4,6-7,13H,5,8-9H2,1-2H3. The molecule has 1 N–H and O–H groups in total. The number of anilines is 1. The quantitative estimate of drug-likeness (QED) is 0.822. The largest absolute Gasteiger partial charge is 0.495 e. The van der Waals surface area contributed by atoms with Gasteiger partial charge in [0.15, 0.2) is 0 Å². The summed E-state index contributed by atoms with van der Waals surface area (Å²) in [6.45, 7) is 0.177. The summed E-state index contributed by atoms with van der Waals surface area (Å²) in [6, 6.07) is 6.90. The van der Waals surface area contributed by atoms with Gasteiger partial charge < -0.3 is 9.84 Å². The van der Waals surface area contributed by atoms with E-state index in [9.17, 15) is 8.42 Å². The van der Waals surface area contributed by atoms with E-state index >= 15 is 0 Å². The molecule has 0 atom stereocenters.